The van der Waals surface area contributed by atoms with Crippen molar-refractivity contribution in [3.05, 3.63) is 24.3 Å². The molecule has 126 valence electrons. The minimum absolute atomic E-state index is 0.0503. The highest BCUT2D eigenvalue weighted by atomic mass is 32.2. The van der Waals surface area contributed by atoms with E-state index in [0.29, 0.717) is 5.41 Å². The second kappa shape index (κ2) is 7.58. The molecule has 2 amide bonds. The molecular formula is C18H26N2O2S. The van der Waals surface area contributed by atoms with Gasteiger partial charge in [-0.05, 0) is 55.4 Å². The second-order valence-electron chi connectivity index (χ2n) is 6.67. The number of carbonyl (C=O) groups excluding carboxylic acids is 1. The summed E-state index contributed by atoms with van der Waals surface area (Å²) in [6, 6.07) is 8.18. The molecule has 2 fully saturated rings. The zero-order valence-corrected chi connectivity index (χ0v) is 14.7. The van der Waals surface area contributed by atoms with Gasteiger partial charge in [-0.1, -0.05) is 6.42 Å². The first-order valence-electron chi connectivity index (χ1n) is 8.49. The first kappa shape index (κ1) is 16.7. The molecule has 1 saturated heterocycles. The normalized spacial score (nSPS) is 18.9. The fourth-order valence-electron chi connectivity index (χ4n) is 3.42. The molecule has 23 heavy (non-hydrogen) atoms. The lowest BCUT2D eigenvalue weighted by molar-refractivity contribution is 0.144. The third kappa shape index (κ3) is 4.21. The largest absolute Gasteiger partial charge is 0.385 e. The minimum Gasteiger partial charge on any atom is -0.385 e. The summed E-state index contributed by atoms with van der Waals surface area (Å²) in [5.41, 5.74) is 1.34. The van der Waals surface area contributed by atoms with Crippen LogP contribution in [0, 0.1) is 5.41 Å². The van der Waals surface area contributed by atoms with Crippen LogP contribution in [0.1, 0.15) is 32.1 Å². The first-order valence-corrected chi connectivity index (χ1v) is 9.47. The number of thioether (sulfide) groups is 1. The standard InChI is InChI=1S/C18H26N2O2S/c1-22-12-3-13-23-16-6-4-15(5-7-16)19-17(21)20-11-10-18(14-20)8-2-9-18/h4-7H,2-3,8-14H2,1H3,(H,19,21). The Morgan fingerprint density at radius 2 is 2.09 bits per heavy atom. The molecule has 1 spiro atoms. The highest BCUT2D eigenvalue weighted by molar-refractivity contribution is 7.99. The van der Waals surface area contributed by atoms with Crippen LogP contribution in [0.2, 0.25) is 0 Å². The zero-order chi connectivity index (χ0) is 16.1. The predicted octanol–water partition coefficient (Wildman–Crippen LogP) is 4.22. The highest BCUT2D eigenvalue weighted by Gasteiger charge is 2.44. The van der Waals surface area contributed by atoms with Crippen molar-refractivity contribution in [2.24, 2.45) is 5.41 Å². The summed E-state index contributed by atoms with van der Waals surface area (Å²) in [7, 11) is 1.73. The van der Waals surface area contributed by atoms with Crippen LogP contribution in [0.25, 0.3) is 0 Å². The monoisotopic (exact) mass is 334 g/mol. The molecule has 3 rings (SSSR count). The highest BCUT2D eigenvalue weighted by Crippen LogP contribution is 2.47. The van der Waals surface area contributed by atoms with Crippen LogP contribution in [0.3, 0.4) is 0 Å². The maximum atomic E-state index is 12.4. The number of ether oxygens (including phenoxy) is 1. The molecule has 2 aliphatic rings. The van der Waals surface area contributed by atoms with E-state index in [1.807, 2.05) is 28.8 Å². The van der Waals surface area contributed by atoms with Crippen molar-refractivity contribution in [2.75, 3.05) is 37.9 Å². The number of anilines is 1. The molecule has 1 aromatic rings. The molecular weight excluding hydrogens is 308 g/mol. The van der Waals surface area contributed by atoms with Crippen LogP contribution in [-0.4, -0.2) is 43.5 Å². The van der Waals surface area contributed by atoms with E-state index in [1.165, 1.54) is 30.6 Å². The predicted molar refractivity (Wildman–Crippen MR) is 95.2 cm³/mol. The van der Waals surface area contributed by atoms with Crippen LogP contribution in [0.15, 0.2) is 29.2 Å². The molecule has 1 aliphatic carbocycles. The summed E-state index contributed by atoms with van der Waals surface area (Å²) in [4.78, 5) is 15.6. The third-order valence-corrected chi connectivity index (χ3v) is 6.11. The van der Waals surface area contributed by atoms with Crippen molar-refractivity contribution in [1.29, 1.82) is 0 Å². The number of urea groups is 1. The number of hydrogen-bond donors (Lipinski definition) is 1. The number of carbonyl (C=O) groups is 1. The van der Waals surface area contributed by atoms with Gasteiger partial charge in [0.05, 0.1) is 0 Å². The smallest absolute Gasteiger partial charge is 0.321 e. The van der Waals surface area contributed by atoms with Crippen LogP contribution in [-0.2, 0) is 4.74 Å². The molecule has 1 aliphatic heterocycles. The van der Waals surface area contributed by atoms with Gasteiger partial charge in [0.15, 0.2) is 0 Å². The van der Waals surface area contributed by atoms with Crippen molar-refractivity contribution in [1.82, 2.24) is 4.90 Å². The molecule has 0 atom stereocenters. The van der Waals surface area contributed by atoms with E-state index < -0.39 is 0 Å². The lowest BCUT2D eigenvalue weighted by atomic mass is 9.68. The Hall–Kier alpha value is -1.20. The average molecular weight is 334 g/mol. The summed E-state index contributed by atoms with van der Waals surface area (Å²) < 4.78 is 5.05. The van der Waals surface area contributed by atoms with Gasteiger partial charge in [-0.2, -0.15) is 0 Å². The van der Waals surface area contributed by atoms with Crippen molar-refractivity contribution in [2.45, 2.75) is 37.0 Å². The fourth-order valence-corrected chi connectivity index (χ4v) is 4.25. The van der Waals surface area contributed by atoms with E-state index in [9.17, 15) is 4.79 Å². The van der Waals surface area contributed by atoms with Crippen LogP contribution in [0.4, 0.5) is 10.5 Å². The van der Waals surface area contributed by atoms with Gasteiger partial charge in [0.1, 0.15) is 0 Å². The zero-order valence-electron chi connectivity index (χ0n) is 13.8. The molecule has 1 heterocycles. The van der Waals surface area contributed by atoms with Gasteiger partial charge >= 0.3 is 6.03 Å². The number of methoxy groups -OCH3 is 1. The number of amides is 2. The van der Waals surface area contributed by atoms with Gasteiger partial charge in [-0.25, -0.2) is 4.79 Å². The number of nitrogens with one attached hydrogen (secondary N) is 1. The number of nitrogens with zero attached hydrogens (tertiary/aromatic N) is 1. The van der Waals surface area contributed by atoms with Gasteiger partial charge in [0.2, 0.25) is 0 Å². The Balaban J connectivity index is 1.45. The number of likely N-dealkylation sites (tertiary alicyclic amines) is 1. The van der Waals surface area contributed by atoms with Crippen molar-refractivity contribution in [3.63, 3.8) is 0 Å². The van der Waals surface area contributed by atoms with Crippen LogP contribution < -0.4 is 5.32 Å². The topological polar surface area (TPSA) is 41.6 Å². The number of hydrogen-bond acceptors (Lipinski definition) is 3. The Bertz CT molecular complexity index is 528. The third-order valence-electron chi connectivity index (χ3n) is 5.01. The van der Waals surface area contributed by atoms with Gasteiger partial charge in [-0.3, -0.25) is 0 Å². The molecule has 0 bridgehead atoms. The molecule has 1 N–H and O–H groups in total. The van der Waals surface area contributed by atoms with Gasteiger partial charge in [-0.15, -0.1) is 11.8 Å². The Morgan fingerprint density at radius 1 is 1.30 bits per heavy atom. The van der Waals surface area contributed by atoms with Gasteiger partial charge in [0.25, 0.3) is 0 Å². The van der Waals surface area contributed by atoms with E-state index in [2.05, 4.69) is 17.4 Å². The molecule has 1 aromatic carbocycles. The van der Waals surface area contributed by atoms with Crippen LogP contribution in [0.5, 0.6) is 0 Å². The summed E-state index contributed by atoms with van der Waals surface area (Å²) in [6.07, 6.45) is 6.16. The Kier molecular flexibility index (Phi) is 5.49. The molecule has 0 aromatic heterocycles. The quantitative estimate of drug-likeness (QED) is 0.625. The summed E-state index contributed by atoms with van der Waals surface area (Å²) in [5.74, 6) is 1.05. The Morgan fingerprint density at radius 3 is 2.70 bits per heavy atom. The molecule has 5 heteroatoms. The van der Waals surface area contributed by atoms with E-state index in [4.69, 9.17) is 4.74 Å². The molecule has 0 unspecified atom stereocenters. The van der Waals surface area contributed by atoms with E-state index in [0.717, 1.165) is 37.6 Å². The first-order chi connectivity index (χ1) is 11.2. The van der Waals surface area contributed by atoms with E-state index in [-0.39, 0.29) is 6.03 Å². The average Bonchev–Trinajstić information content (AvgIpc) is 2.99. The molecule has 4 nitrogen and oxygen atoms in total. The van der Waals surface area contributed by atoms with Crippen molar-refractivity contribution in [3.8, 4) is 0 Å². The minimum atomic E-state index is 0.0503. The fraction of sp³-hybridized carbons (Fsp3) is 0.611. The number of rotatable bonds is 6. The van der Waals surface area contributed by atoms with Crippen molar-refractivity contribution >= 4 is 23.5 Å². The maximum Gasteiger partial charge on any atom is 0.321 e. The van der Waals surface area contributed by atoms with Crippen molar-refractivity contribution < 1.29 is 9.53 Å². The molecule has 0 radical (unpaired) electrons. The van der Waals surface area contributed by atoms with Crippen LogP contribution >= 0.6 is 11.8 Å². The summed E-state index contributed by atoms with van der Waals surface area (Å²) >= 11 is 1.82. The van der Waals surface area contributed by atoms with E-state index >= 15 is 0 Å². The second-order valence-corrected chi connectivity index (χ2v) is 7.84. The van der Waals surface area contributed by atoms with Gasteiger partial charge < -0.3 is 15.0 Å². The van der Waals surface area contributed by atoms with Gasteiger partial charge in [0, 0.05) is 43.1 Å². The van der Waals surface area contributed by atoms with E-state index in [1.54, 1.807) is 7.11 Å². The lowest BCUT2D eigenvalue weighted by Crippen LogP contribution is -2.37. The summed E-state index contributed by atoms with van der Waals surface area (Å²) in [6.45, 7) is 2.64. The SMILES string of the molecule is COCCCSc1ccc(NC(=O)N2CCC3(CCC3)C2)cc1. The Labute approximate surface area is 143 Å². The number of benzene rings is 1. The summed E-state index contributed by atoms with van der Waals surface area (Å²) in [5, 5.41) is 3.03. The molecule has 1 saturated carbocycles. The lowest BCUT2D eigenvalue weighted by Gasteiger charge is -2.37. The maximum absolute atomic E-state index is 12.4.